The van der Waals surface area contributed by atoms with Crippen molar-refractivity contribution < 1.29 is 9.53 Å². The predicted molar refractivity (Wildman–Crippen MR) is 140 cm³/mol. The minimum Gasteiger partial charge on any atom is -0.484 e. The number of aryl methyl sites for hydroxylation is 3. The Morgan fingerprint density at radius 3 is 2.39 bits per heavy atom. The van der Waals surface area contributed by atoms with Crippen LogP contribution in [0.1, 0.15) is 38.2 Å². The summed E-state index contributed by atoms with van der Waals surface area (Å²) in [5, 5.41) is 4.14. The second kappa shape index (κ2) is 10.5. The van der Waals surface area contributed by atoms with Gasteiger partial charge in [0.15, 0.2) is 6.61 Å². The molecule has 0 atom stereocenters. The number of carbonyl (C=O) groups excluding carboxylic acids is 1. The summed E-state index contributed by atoms with van der Waals surface area (Å²) in [6, 6.07) is 16.6. The predicted octanol–water partition coefficient (Wildman–Crippen LogP) is 5.72. The third-order valence-corrected chi connectivity index (χ3v) is 8.58. The Morgan fingerprint density at radius 2 is 1.73 bits per heavy atom. The van der Waals surface area contributed by atoms with Crippen molar-refractivity contribution in [3.63, 3.8) is 0 Å². The van der Waals surface area contributed by atoms with E-state index < -0.39 is 0 Å². The lowest BCUT2D eigenvalue weighted by molar-refractivity contribution is -0.123. The average molecular weight is 480 g/mol. The maximum atomic E-state index is 12.2. The van der Waals surface area contributed by atoms with E-state index in [1.54, 1.807) is 6.21 Å². The zero-order valence-electron chi connectivity index (χ0n) is 19.4. The van der Waals surface area contributed by atoms with Crippen molar-refractivity contribution in [2.45, 2.75) is 32.3 Å². The van der Waals surface area contributed by atoms with E-state index in [-0.39, 0.29) is 12.5 Å². The van der Waals surface area contributed by atoms with Crippen LogP contribution in [-0.2, 0) is 4.79 Å². The number of aromatic nitrogens is 1. The topological polar surface area (TPSA) is 55.6 Å². The minimum absolute atomic E-state index is 0.0782. The number of thioether (sulfide) groups is 2. The molecule has 1 saturated heterocycles. The van der Waals surface area contributed by atoms with Crippen molar-refractivity contribution in [1.29, 1.82) is 0 Å². The Balaban J connectivity index is 1.33. The molecule has 3 aromatic rings. The summed E-state index contributed by atoms with van der Waals surface area (Å²) in [6.45, 7) is 8.26. The number of nitrogens with one attached hydrogen (secondary N) is 1. The maximum absolute atomic E-state index is 12.2. The molecule has 0 aliphatic carbocycles. The van der Waals surface area contributed by atoms with Crippen LogP contribution in [0.5, 0.6) is 5.75 Å². The van der Waals surface area contributed by atoms with Gasteiger partial charge >= 0.3 is 0 Å². The number of hydrogen-bond donors (Lipinski definition) is 1. The van der Waals surface area contributed by atoms with Gasteiger partial charge in [0.2, 0.25) is 0 Å². The van der Waals surface area contributed by atoms with E-state index in [9.17, 15) is 4.79 Å². The first-order valence-corrected chi connectivity index (χ1v) is 13.1. The SMILES string of the molecule is Cc1cc(C)cc(-n2c(C)cc(/C=N\NC(=O)COc3ccc(C4SCCS4)cc3)c2C)c1. The highest BCUT2D eigenvalue weighted by Gasteiger charge is 2.18. The first-order chi connectivity index (χ1) is 15.9. The van der Waals surface area contributed by atoms with Crippen LogP contribution in [0.15, 0.2) is 53.6 Å². The first kappa shape index (κ1) is 23.5. The van der Waals surface area contributed by atoms with Gasteiger partial charge in [0.05, 0.1) is 10.8 Å². The van der Waals surface area contributed by atoms with Gasteiger partial charge in [-0.3, -0.25) is 4.79 Å². The van der Waals surface area contributed by atoms with Gasteiger partial charge in [-0.1, -0.05) is 18.2 Å². The fourth-order valence-electron chi connectivity index (χ4n) is 4.02. The van der Waals surface area contributed by atoms with E-state index in [2.05, 4.69) is 79.2 Å². The van der Waals surface area contributed by atoms with E-state index in [0.717, 1.165) is 22.6 Å². The zero-order chi connectivity index (χ0) is 23.4. The van der Waals surface area contributed by atoms with Crippen LogP contribution in [0.3, 0.4) is 0 Å². The number of amides is 1. The Kier molecular flexibility index (Phi) is 7.50. The molecule has 0 radical (unpaired) electrons. The number of hydrazone groups is 1. The molecular formula is C26H29N3O2S2. The van der Waals surface area contributed by atoms with Crippen molar-refractivity contribution in [1.82, 2.24) is 9.99 Å². The molecule has 1 fully saturated rings. The average Bonchev–Trinajstić information content (AvgIpc) is 3.40. The molecule has 0 bridgehead atoms. The quantitative estimate of drug-likeness (QED) is 0.348. The van der Waals surface area contributed by atoms with E-state index in [0.29, 0.717) is 10.3 Å². The lowest BCUT2D eigenvalue weighted by atomic mass is 10.1. The second-order valence-corrected chi connectivity index (χ2v) is 11.0. The van der Waals surface area contributed by atoms with Gasteiger partial charge in [-0.05, 0) is 74.7 Å². The highest BCUT2D eigenvalue weighted by molar-refractivity contribution is 8.19. The molecule has 0 saturated carbocycles. The van der Waals surface area contributed by atoms with Gasteiger partial charge in [-0.25, -0.2) is 5.43 Å². The Morgan fingerprint density at radius 1 is 1.06 bits per heavy atom. The summed E-state index contributed by atoms with van der Waals surface area (Å²) in [4.78, 5) is 12.2. The largest absolute Gasteiger partial charge is 0.484 e. The van der Waals surface area contributed by atoms with Gasteiger partial charge in [0, 0.05) is 34.1 Å². The summed E-state index contributed by atoms with van der Waals surface area (Å²) >= 11 is 3.94. The molecule has 5 nitrogen and oxygen atoms in total. The molecular weight excluding hydrogens is 450 g/mol. The molecule has 172 valence electrons. The van der Waals surface area contributed by atoms with Crippen LogP contribution in [0.4, 0.5) is 0 Å². The molecule has 33 heavy (non-hydrogen) atoms. The van der Waals surface area contributed by atoms with E-state index in [1.807, 2.05) is 35.7 Å². The maximum Gasteiger partial charge on any atom is 0.277 e. The molecule has 1 aromatic heterocycles. The van der Waals surface area contributed by atoms with E-state index in [1.165, 1.54) is 28.2 Å². The van der Waals surface area contributed by atoms with Crippen molar-refractivity contribution in [2.24, 2.45) is 5.10 Å². The molecule has 7 heteroatoms. The van der Waals surface area contributed by atoms with E-state index >= 15 is 0 Å². The fourth-order valence-corrected chi connectivity index (χ4v) is 6.88. The highest BCUT2D eigenvalue weighted by Crippen LogP contribution is 2.45. The third-order valence-electron chi connectivity index (χ3n) is 5.47. The summed E-state index contributed by atoms with van der Waals surface area (Å²) in [7, 11) is 0. The first-order valence-electron chi connectivity index (χ1n) is 11.0. The number of ether oxygens (including phenoxy) is 1. The third kappa shape index (κ3) is 5.84. The molecule has 0 unspecified atom stereocenters. The van der Waals surface area contributed by atoms with Crippen molar-refractivity contribution >= 4 is 35.6 Å². The number of nitrogens with zero attached hydrogens (tertiary/aromatic N) is 2. The summed E-state index contributed by atoms with van der Waals surface area (Å²) in [6.07, 6.45) is 1.69. The van der Waals surface area contributed by atoms with Crippen LogP contribution in [0, 0.1) is 27.7 Å². The van der Waals surface area contributed by atoms with Crippen molar-refractivity contribution in [2.75, 3.05) is 18.1 Å². The van der Waals surface area contributed by atoms with Crippen LogP contribution in [-0.4, -0.2) is 34.8 Å². The molecule has 2 heterocycles. The Bertz CT molecular complexity index is 1140. The Hall–Kier alpha value is -2.64. The van der Waals surface area contributed by atoms with Gasteiger partial charge in [0.1, 0.15) is 5.75 Å². The smallest absolute Gasteiger partial charge is 0.277 e. The molecule has 1 aliphatic rings. The monoisotopic (exact) mass is 479 g/mol. The lowest BCUT2D eigenvalue weighted by Crippen LogP contribution is -2.24. The van der Waals surface area contributed by atoms with Crippen LogP contribution in [0.25, 0.3) is 5.69 Å². The molecule has 2 aromatic carbocycles. The molecule has 4 rings (SSSR count). The van der Waals surface area contributed by atoms with Gasteiger partial charge < -0.3 is 9.30 Å². The lowest BCUT2D eigenvalue weighted by Gasteiger charge is -2.11. The van der Waals surface area contributed by atoms with Gasteiger partial charge in [-0.15, -0.1) is 23.5 Å². The van der Waals surface area contributed by atoms with Gasteiger partial charge in [0.25, 0.3) is 5.91 Å². The van der Waals surface area contributed by atoms with Crippen molar-refractivity contribution in [3.05, 3.63) is 82.2 Å². The Labute approximate surface area is 204 Å². The summed E-state index contributed by atoms with van der Waals surface area (Å²) in [5.74, 6) is 2.79. The van der Waals surface area contributed by atoms with Crippen LogP contribution in [0.2, 0.25) is 0 Å². The molecule has 1 N–H and O–H groups in total. The van der Waals surface area contributed by atoms with Crippen LogP contribution < -0.4 is 10.2 Å². The zero-order valence-corrected chi connectivity index (χ0v) is 21.1. The van der Waals surface area contributed by atoms with Crippen molar-refractivity contribution in [3.8, 4) is 11.4 Å². The minimum atomic E-state index is -0.291. The normalized spacial score (nSPS) is 14.2. The molecule has 0 spiro atoms. The van der Waals surface area contributed by atoms with E-state index in [4.69, 9.17) is 4.74 Å². The van der Waals surface area contributed by atoms with Crippen LogP contribution >= 0.6 is 23.5 Å². The number of carbonyl (C=O) groups is 1. The summed E-state index contributed by atoms with van der Waals surface area (Å²) < 4.78 is 8.33. The summed E-state index contributed by atoms with van der Waals surface area (Å²) in [5.41, 5.74) is 10.6. The molecule has 1 aliphatic heterocycles. The second-order valence-electron chi connectivity index (χ2n) is 8.23. The number of benzene rings is 2. The highest BCUT2D eigenvalue weighted by atomic mass is 32.2. The number of hydrogen-bond acceptors (Lipinski definition) is 5. The van der Waals surface area contributed by atoms with Gasteiger partial charge in [-0.2, -0.15) is 5.10 Å². The number of rotatable bonds is 7. The standard InChI is InChI=1S/C26H29N3O2S2/c1-17-11-18(2)13-23(12-17)29-19(3)14-22(20(29)4)15-27-28-25(30)16-31-24-7-5-21(6-8-24)26-32-9-10-33-26/h5-8,11-15,26H,9-10,16H2,1-4H3,(H,28,30)/b27-15-. The molecule has 1 amide bonds. The fraction of sp³-hybridized carbons (Fsp3) is 0.308.